The third kappa shape index (κ3) is 1.77. The number of rotatable bonds is 2. The van der Waals surface area contributed by atoms with Gasteiger partial charge in [0.25, 0.3) is 0 Å². The summed E-state index contributed by atoms with van der Waals surface area (Å²) in [4.78, 5) is 12.2. The number of esters is 1. The molecule has 3 nitrogen and oxygen atoms in total. The van der Waals surface area contributed by atoms with Gasteiger partial charge in [0.05, 0.1) is 0 Å². The maximum Gasteiger partial charge on any atom is 0.349 e. The molecule has 2 aromatic rings. The second-order valence-electron chi connectivity index (χ2n) is 3.29. The molecule has 0 saturated heterocycles. The van der Waals surface area contributed by atoms with E-state index in [4.69, 9.17) is 10.00 Å². The highest BCUT2D eigenvalue weighted by Gasteiger charge is 2.15. The van der Waals surface area contributed by atoms with Gasteiger partial charge < -0.3 is 4.74 Å². The van der Waals surface area contributed by atoms with Crippen LogP contribution in [0, 0.1) is 18.3 Å². The van der Waals surface area contributed by atoms with Crippen molar-refractivity contribution in [1.82, 2.24) is 0 Å². The van der Waals surface area contributed by atoms with Crippen molar-refractivity contribution in [3.63, 3.8) is 0 Å². The molecule has 2 rings (SSSR count). The summed E-state index contributed by atoms with van der Waals surface area (Å²) in [6.07, 6.45) is 0. The average Bonchev–Trinajstić information content (AvgIpc) is 2.64. The zero-order chi connectivity index (χ0) is 11.5. The van der Waals surface area contributed by atoms with E-state index in [9.17, 15) is 4.79 Å². The van der Waals surface area contributed by atoms with Crippen molar-refractivity contribution in [3.8, 4) is 6.07 Å². The van der Waals surface area contributed by atoms with Crippen molar-refractivity contribution >= 4 is 27.4 Å². The standard InChI is InChI=1S/C12H9NO2S/c1-8-9-4-2-3-5-10(9)16-11(8)12(14)15-7-6-13/h2-5H,7H2,1H3. The minimum atomic E-state index is -0.416. The first-order valence-electron chi connectivity index (χ1n) is 4.76. The number of nitrogens with zero attached hydrogens (tertiary/aromatic N) is 1. The lowest BCUT2D eigenvalue weighted by molar-refractivity contribution is 0.0560. The van der Waals surface area contributed by atoms with Gasteiger partial charge >= 0.3 is 5.97 Å². The van der Waals surface area contributed by atoms with Crippen LogP contribution in [0.1, 0.15) is 15.2 Å². The number of aryl methyl sites for hydroxylation is 1. The molecule has 0 spiro atoms. The van der Waals surface area contributed by atoms with E-state index in [0.29, 0.717) is 4.88 Å². The van der Waals surface area contributed by atoms with Crippen LogP contribution in [0.25, 0.3) is 10.1 Å². The monoisotopic (exact) mass is 231 g/mol. The highest BCUT2D eigenvalue weighted by molar-refractivity contribution is 7.21. The molecule has 0 aliphatic carbocycles. The summed E-state index contributed by atoms with van der Waals surface area (Å²) in [7, 11) is 0. The van der Waals surface area contributed by atoms with Gasteiger partial charge in [-0.05, 0) is 23.9 Å². The maximum atomic E-state index is 11.6. The van der Waals surface area contributed by atoms with Crippen LogP contribution >= 0.6 is 11.3 Å². The van der Waals surface area contributed by atoms with Gasteiger partial charge in [-0.1, -0.05) is 18.2 Å². The van der Waals surface area contributed by atoms with Crippen LogP contribution in [-0.2, 0) is 4.74 Å². The summed E-state index contributed by atoms with van der Waals surface area (Å²) < 4.78 is 5.86. The van der Waals surface area contributed by atoms with Gasteiger partial charge in [0.1, 0.15) is 10.9 Å². The van der Waals surface area contributed by atoms with Crippen molar-refractivity contribution < 1.29 is 9.53 Å². The predicted molar refractivity (Wildman–Crippen MR) is 62.5 cm³/mol. The van der Waals surface area contributed by atoms with E-state index < -0.39 is 5.97 Å². The van der Waals surface area contributed by atoms with Gasteiger partial charge in [-0.25, -0.2) is 4.79 Å². The maximum absolute atomic E-state index is 11.6. The lowest BCUT2D eigenvalue weighted by atomic mass is 10.1. The second kappa shape index (κ2) is 4.33. The van der Waals surface area contributed by atoms with Crippen LogP contribution in [0.5, 0.6) is 0 Å². The average molecular weight is 231 g/mol. The van der Waals surface area contributed by atoms with Gasteiger partial charge in [0.15, 0.2) is 6.61 Å². The van der Waals surface area contributed by atoms with Crippen LogP contribution < -0.4 is 0 Å². The molecule has 0 bridgehead atoms. The number of hydrogen-bond acceptors (Lipinski definition) is 4. The van der Waals surface area contributed by atoms with Crippen LogP contribution in [0.4, 0.5) is 0 Å². The molecule has 1 aromatic heterocycles. The number of ether oxygens (including phenoxy) is 1. The quantitative estimate of drug-likeness (QED) is 0.747. The third-order valence-corrected chi connectivity index (χ3v) is 3.55. The number of thiophene rings is 1. The molecule has 0 radical (unpaired) electrons. The Morgan fingerprint density at radius 3 is 2.94 bits per heavy atom. The SMILES string of the molecule is Cc1c(C(=O)OCC#N)sc2ccccc12. The summed E-state index contributed by atoms with van der Waals surface area (Å²) in [5, 5.41) is 9.41. The highest BCUT2D eigenvalue weighted by atomic mass is 32.1. The summed E-state index contributed by atoms with van der Waals surface area (Å²) in [6, 6.07) is 9.59. The molecule has 4 heteroatoms. The summed E-state index contributed by atoms with van der Waals surface area (Å²) >= 11 is 1.40. The van der Waals surface area contributed by atoms with Gasteiger partial charge in [-0.2, -0.15) is 5.26 Å². The normalized spacial score (nSPS) is 10.0. The minimum absolute atomic E-state index is 0.202. The predicted octanol–water partition coefficient (Wildman–Crippen LogP) is 2.89. The van der Waals surface area contributed by atoms with Crippen LogP contribution in [0.2, 0.25) is 0 Å². The molecular weight excluding hydrogens is 222 g/mol. The van der Waals surface area contributed by atoms with E-state index in [1.165, 1.54) is 11.3 Å². The topological polar surface area (TPSA) is 50.1 Å². The summed E-state index contributed by atoms with van der Waals surface area (Å²) in [5.74, 6) is -0.416. The van der Waals surface area contributed by atoms with Gasteiger partial charge in [-0.15, -0.1) is 11.3 Å². The van der Waals surface area contributed by atoms with E-state index in [-0.39, 0.29) is 6.61 Å². The van der Waals surface area contributed by atoms with Gasteiger partial charge in [0.2, 0.25) is 0 Å². The van der Waals surface area contributed by atoms with Crippen LogP contribution in [0.3, 0.4) is 0 Å². The molecule has 1 aromatic carbocycles. The lowest BCUT2D eigenvalue weighted by Gasteiger charge is -1.97. The molecule has 0 amide bonds. The first-order valence-corrected chi connectivity index (χ1v) is 5.58. The number of carbonyl (C=O) groups is 1. The fourth-order valence-corrected chi connectivity index (χ4v) is 2.64. The van der Waals surface area contributed by atoms with Crippen molar-refractivity contribution in [2.24, 2.45) is 0 Å². The molecule has 0 atom stereocenters. The summed E-state index contributed by atoms with van der Waals surface area (Å²) in [6.45, 7) is 1.69. The van der Waals surface area contributed by atoms with E-state index in [1.807, 2.05) is 31.2 Å². The fraction of sp³-hybridized carbons (Fsp3) is 0.167. The zero-order valence-corrected chi connectivity index (χ0v) is 9.50. The van der Waals surface area contributed by atoms with Crippen molar-refractivity contribution in [2.75, 3.05) is 6.61 Å². The van der Waals surface area contributed by atoms with Gasteiger partial charge in [0, 0.05) is 4.70 Å². The van der Waals surface area contributed by atoms with Gasteiger partial charge in [-0.3, -0.25) is 0 Å². The molecular formula is C12H9NO2S. The largest absolute Gasteiger partial charge is 0.446 e. The third-order valence-electron chi connectivity index (χ3n) is 2.30. The lowest BCUT2D eigenvalue weighted by Crippen LogP contribution is -2.04. The van der Waals surface area contributed by atoms with E-state index in [0.717, 1.165) is 15.6 Å². The molecule has 0 aliphatic heterocycles. The van der Waals surface area contributed by atoms with Crippen molar-refractivity contribution in [3.05, 3.63) is 34.7 Å². The Morgan fingerprint density at radius 1 is 1.50 bits per heavy atom. The van der Waals surface area contributed by atoms with E-state index >= 15 is 0 Å². The Labute approximate surface area is 96.9 Å². The second-order valence-corrected chi connectivity index (χ2v) is 4.34. The van der Waals surface area contributed by atoms with E-state index in [1.54, 1.807) is 6.07 Å². The number of nitriles is 1. The van der Waals surface area contributed by atoms with E-state index in [2.05, 4.69) is 0 Å². The zero-order valence-electron chi connectivity index (χ0n) is 8.69. The van der Waals surface area contributed by atoms with Crippen LogP contribution in [-0.4, -0.2) is 12.6 Å². The number of carbonyl (C=O) groups excluding carboxylic acids is 1. The van der Waals surface area contributed by atoms with Crippen LogP contribution in [0.15, 0.2) is 24.3 Å². The molecule has 80 valence electrons. The number of hydrogen-bond donors (Lipinski definition) is 0. The molecule has 1 heterocycles. The Balaban J connectivity index is 2.42. The Bertz CT molecular complexity index is 580. The van der Waals surface area contributed by atoms with Crippen molar-refractivity contribution in [1.29, 1.82) is 5.26 Å². The Morgan fingerprint density at radius 2 is 2.25 bits per heavy atom. The molecule has 0 unspecified atom stereocenters. The Kier molecular flexibility index (Phi) is 2.88. The molecule has 0 fully saturated rings. The summed E-state index contributed by atoms with van der Waals surface area (Å²) in [5.41, 5.74) is 0.920. The molecule has 0 saturated carbocycles. The van der Waals surface area contributed by atoms with Crippen molar-refractivity contribution in [2.45, 2.75) is 6.92 Å². The molecule has 0 aliphatic rings. The number of fused-ring (bicyclic) bond motifs is 1. The minimum Gasteiger partial charge on any atom is -0.446 e. The smallest absolute Gasteiger partial charge is 0.349 e. The first-order chi connectivity index (χ1) is 7.74. The fourth-order valence-electron chi connectivity index (χ4n) is 1.53. The molecule has 16 heavy (non-hydrogen) atoms. The number of benzene rings is 1. The first kappa shape index (κ1) is 10.7. The molecule has 0 N–H and O–H groups in total. The Hall–Kier alpha value is -1.86. The highest BCUT2D eigenvalue weighted by Crippen LogP contribution is 2.30.